The highest BCUT2D eigenvalue weighted by atomic mass is 16.5. The molecule has 48 heavy (non-hydrogen) atoms. The van der Waals surface area contributed by atoms with Gasteiger partial charge in [-0.3, -0.25) is 0 Å². The van der Waals surface area contributed by atoms with Gasteiger partial charge in [-0.2, -0.15) is 0 Å². The Morgan fingerprint density at radius 3 is 1.15 bits per heavy atom. The highest BCUT2D eigenvalue weighted by Crippen LogP contribution is 2.49. The van der Waals surface area contributed by atoms with E-state index in [1.165, 1.54) is 0 Å². The smallest absolute Gasteiger partial charge is 0.177 e. The van der Waals surface area contributed by atoms with Crippen LogP contribution in [0.25, 0.3) is 44.6 Å². The first-order chi connectivity index (χ1) is 23.0. The summed E-state index contributed by atoms with van der Waals surface area (Å²) in [5.41, 5.74) is 11.1. The monoisotopic (exact) mass is 646 g/mol. The van der Waals surface area contributed by atoms with Crippen LogP contribution in [0.1, 0.15) is 33.4 Å². The summed E-state index contributed by atoms with van der Waals surface area (Å²) in [5.74, 6) is 2.76. The molecule has 7 rings (SSSR count). The number of anilines is 2. The third kappa shape index (κ3) is 4.73. The quantitative estimate of drug-likeness (QED) is 0.185. The Balaban J connectivity index is 1.08. The number of nitrogens with zero attached hydrogens (tertiary/aromatic N) is 2. The van der Waals surface area contributed by atoms with Gasteiger partial charge in [0.05, 0.1) is 14.2 Å². The van der Waals surface area contributed by atoms with E-state index in [-0.39, 0.29) is 11.5 Å². The van der Waals surface area contributed by atoms with Gasteiger partial charge in [0.2, 0.25) is 0 Å². The maximum Gasteiger partial charge on any atom is 0.177 e. The van der Waals surface area contributed by atoms with E-state index in [1.807, 2.05) is 41.5 Å². The molecule has 3 heterocycles. The van der Waals surface area contributed by atoms with Crippen LogP contribution in [0.5, 0.6) is 23.0 Å². The van der Waals surface area contributed by atoms with Gasteiger partial charge in [-0.05, 0) is 123 Å². The fourth-order valence-electron chi connectivity index (χ4n) is 7.06. The Morgan fingerprint density at radius 1 is 0.500 bits per heavy atom. The summed E-state index contributed by atoms with van der Waals surface area (Å²) in [6, 6.07) is 16.7. The molecule has 4 aromatic carbocycles. The summed E-state index contributed by atoms with van der Waals surface area (Å²) in [7, 11) is 3.23. The molecule has 0 saturated carbocycles. The fourth-order valence-corrected chi connectivity index (χ4v) is 7.06. The fraction of sp³-hybridized carbons (Fsp3) is 0.300. The number of hydrogen-bond donors (Lipinski definition) is 2. The van der Waals surface area contributed by atoms with Crippen molar-refractivity contribution in [2.24, 2.45) is 0 Å². The molecule has 1 aliphatic rings. The Morgan fingerprint density at radius 2 is 0.833 bits per heavy atom. The molecular weight excluding hydrogens is 604 g/mol. The van der Waals surface area contributed by atoms with Crippen LogP contribution in [0.4, 0.5) is 11.4 Å². The number of furan rings is 2. The second kappa shape index (κ2) is 11.8. The molecule has 0 aliphatic carbocycles. The highest BCUT2D eigenvalue weighted by Gasteiger charge is 2.26. The lowest BCUT2D eigenvalue weighted by molar-refractivity contribution is 0.411. The zero-order valence-corrected chi connectivity index (χ0v) is 28.9. The first kappa shape index (κ1) is 31.4. The van der Waals surface area contributed by atoms with Crippen molar-refractivity contribution in [3.05, 3.63) is 81.9 Å². The van der Waals surface area contributed by atoms with Crippen LogP contribution < -0.4 is 19.3 Å². The van der Waals surface area contributed by atoms with Crippen LogP contribution in [0.15, 0.2) is 57.4 Å². The zero-order chi connectivity index (χ0) is 34.0. The third-order valence-corrected chi connectivity index (χ3v) is 10.5. The molecule has 8 heteroatoms. The maximum absolute atomic E-state index is 10.9. The highest BCUT2D eigenvalue weighted by molar-refractivity contribution is 6.00. The maximum atomic E-state index is 10.9. The minimum atomic E-state index is 0.207. The first-order valence-corrected chi connectivity index (χ1v) is 16.3. The van der Waals surface area contributed by atoms with Gasteiger partial charge in [0.1, 0.15) is 33.4 Å². The third-order valence-electron chi connectivity index (χ3n) is 10.5. The molecule has 2 aromatic heterocycles. The number of fused-ring (bicyclic) bond motifs is 2. The Bertz CT molecular complexity index is 2030. The number of ether oxygens (including phenoxy) is 2. The topological polar surface area (TPSA) is 91.7 Å². The number of aryl methyl sites for hydroxylation is 2. The van der Waals surface area contributed by atoms with Gasteiger partial charge in [-0.1, -0.05) is 0 Å². The van der Waals surface area contributed by atoms with Crippen molar-refractivity contribution in [1.82, 2.24) is 0 Å². The molecule has 6 aromatic rings. The summed E-state index contributed by atoms with van der Waals surface area (Å²) in [6.45, 7) is 15.4. The molecule has 248 valence electrons. The molecular formula is C40H42N2O6. The van der Waals surface area contributed by atoms with Gasteiger partial charge in [0.15, 0.2) is 23.0 Å². The Kier molecular flexibility index (Phi) is 7.69. The first-order valence-electron chi connectivity index (χ1n) is 16.3. The Hall–Kier alpha value is -5.24. The SMILES string of the molecule is COc1c(-c2ccc(N3CCN(c4ccc(-c5oc6c(C)c(C)c(C)c(O)c6c5OC)cc4)CC3)cc2)oc2c(C)c(C)c(C)c(O)c12. The lowest BCUT2D eigenvalue weighted by Gasteiger charge is -2.37. The summed E-state index contributed by atoms with van der Waals surface area (Å²) in [5, 5.41) is 23.1. The number of phenols is 2. The number of rotatable bonds is 6. The van der Waals surface area contributed by atoms with Crippen LogP contribution in [0, 0.1) is 41.5 Å². The van der Waals surface area contributed by atoms with Crippen LogP contribution >= 0.6 is 0 Å². The van der Waals surface area contributed by atoms with Crippen molar-refractivity contribution >= 4 is 33.3 Å². The van der Waals surface area contributed by atoms with Crippen LogP contribution in [0.3, 0.4) is 0 Å². The summed E-state index contributed by atoms with van der Waals surface area (Å²) in [6.07, 6.45) is 0. The average molecular weight is 647 g/mol. The van der Waals surface area contributed by atoms with E-state index in [1.54, 1.807) is 14.2 Å². The van der Waals surface area contributed by atoms with Crippen molar-refractivity contribution < 1.29 is 28.5 Å². The van der Waals surface area contributed by atoms with E-state index in [0.717, 1.165) is 82.1 Å². The lowest BCUT2D eigenvalue weighted by atomic mass is 9.99. The molecule has 1 saturated heterocycles. The Labute approximate surface area is 280 Å². The molecule has 1 aliphatic heterocycles. The van der Waals surface area contributed by atoms with E-state index < -0.39 is 0 Å². The standard InChI is InChI=1S/C40H42N2O6/c1-21-23(3)33(43)31-35(25(21)5)47-37(39(31)45-7)27-9-13-29(14-10-27)41-17-19-42(20-18-41)30-15-11-28(12-16-30)38-40(46-8)32-34(44)24(4)22(2)26(6)36(32)48-38/h9-16,43-44H,17-20H2,1-8H3. The predicted molar refractivity (Wildman–Crippen MR) is 193 cm³/mol. The second-order valence-electron chi connectivity index (χ2n) is 12.9. The van der Waals surface area contributed by atoms with Gasteiger partial charge in [0, 0.05) is 48.7 Å². The number of benzene rings is 4. The molecule has 0 atom stereocenters. The van der Waals surface area contributed by atoms with E-state index in [9.17, 15) is 10.2 Å². The van der Waals surface area contributed by atoms with E-state index in [2.05, 4.69) is 58.3 Å². The summed E-state index contributed by atoms with van der Waals surface area (Å²) >= 11 is 0. The number of piperazine rings is 1. The minimum absolute atomic E-state index is 0.207. The van der Waals surface area contributed by atoms with Crippen molar-refractivity contribution in [1.29, 1.82) is 0 Å². The summed E-state index contributed by atoms with van der Waals surface area (Å²) < 4.78 is 24.2. The lowest BCUT2D eigenvalue weighted by Crippen LogP contribution is -2.46. The van der Waals surface area contributed by atoms with Crippen molar-refractivity contribution in [2.75, 3.05) is 50.2 Å². The molecule has 0 bridgehead atoms. The molecule has 0 spiro atoms. The molecule has 1 fully saturated rings. The van der Waals surface area contributed by atoms with E-state index >= 15 is 0 Å². The number of methoxy groups -OCH3 is 2. The largest absolute Gasteiger partial charge is 0.507 e. The van der Waals surface area contributed by atoms with Crippen molar-refractivity contribution in [3.63, 3.8) is 0 Å². The number of hydrogen-bond acceptors (Lipinski definition) is 8. The molecule has 0 radical (unpaired) electrons. The van der Waals surface area contributed by atoms with E-state index in [4.69, 9.17) is 18.3 Å². The zero-order valence-electron chi connectivity index (χ0n) is 28.9. The van der Waals surface area contributed by atoms with Crippen molar-refractivity contribution in [2.45, 2.75) is 41.5 Å². The van der Waals surface area contributed by atoms with Crippen LogP contribution in [-0.4, -0.2) is 50.6 Å². The van der Waals surface area contributed by atoms with Gasteiger partial charge in [-0.15, -0.1) is 0 Å². The number of aromatic hydroxyl groups is 2. The normalized spacial score (nSPS) is 13.6. The van der Waals surface area contributed by atoms with Crippen LogP contribution in [-0.2, 0) is 0 Å². The second-order valence-corrected chi connectivity index (χ2v) is 12.9. The van der Waals surface area contributed by atoms with E-state index in [0.29, 0.717) is 45.0 Å². The van der Waals surface area contributed by atoms with Gasteiger partial charge >= 0.3 is 0 Å². The molecule has 8 nitrogen and oxygen atoms in total. The van der Waals surface area contributed by atoms with Crippen LogP contribution in [0.2, 0.25) is 0 Å². The molecule has 0 unspecified atom stereocenters. The molecule has 0 amide bonds. The van der Waals surface area contributed by atoms with Gasteiger partial charge in [0.25, 0.3) is 0 Å². The molecule has 2 N–H and O–H groups in total. The average Bonchev–Trinajstić information content (AvgIpc) is 3.71. The van der Waals surface area contributed by atoms with Crippen molar-refractivity contribution in [3.8, 4) is 45.6 Å². The van der Waals surface area contributed by atoms with Gasteiger partial charge in [-0.25, -0.2) is 0 Å². The predicted octanol–water partition coefficient (Wildman–Crippen LogP) is 9.12. The number of phenolic OH excluding ortho intramolecular Hbond substituents is 2. The minimum Gasteiger partial charge on any atom is -0.507 e. The summed E-state index contributed by atoms with van der Waals surface area (Å²) in [4.78, 5) is 4.79. The van der Waals surface area contributed by atoms with Gasteiger partial charge < -0.3 is 38.3 Å².